The normalized spacial score (nSPS) is 11.6. The van der Waals surface area contributed by atoms with Gasteiger partial charge in [-0.25, -0.2) is 0 Å². The first kappa shape index (κ1) is 18.5. The molecule has 1 aromatic heterocycles. The fourth-order valence-corrected chi connectivity index (χ4v) is 3.20. The van der Waals surface area contributed by atoms with E-state index in [1.165, 1.54) is 41.8 Å². The fraction of sp³-hybridized carbons (Fsp3) is 0.364. The van der Waals surface area contributed by atoms with Crippen LogP contribution in [0.25, 0.3) is 12.2 Å². The molecule has 1 heterocycles. The van der Waals surface area contributed by atoms with Gasteiger partial charge >= 0.3 is 0 Å². The van der Waals surface area contributed by atoms with E-state index in [4.69, 9.17) is 0 Å². The van der Waals surface area contributed by atoms with Crippen LogP contribution in [0.5, 0.6) is 0 Å². The first-order valence-corrected chi connectivity index (χ1v) is 9.94. The van der Waals surface area contributed by atoms with Crippen LogP contribution < -0.4 is 4.90 Å². The second-order valence-electron chi connectivity index (χ2n) is 6.02. The molecule has 0 amide bonds. The van der Waals surface area contributed by atoms with E-state index >= 15 is 0 Å². The summed E-state index contributed by atoms with van der Waals surface area (Å²) in [6.07, 6.45) is 13.6. The maximum Gasteiger partial charge on any atom is 0.0366 e. The smallest absolute Gasteiger partial charge is 0.0366 e. The van der Waals surface area contributed by atoms with Crippen LogP contribution >= 0.6 is 11.3 Å². The summed E-state index contributed by atoms with van der Waals surface area (Å²) in [4.78, 5) is 3.81. The molecule has 2 rings (SSSR count). The second kappa shape index (κ2) is 10.9. The van der Waals surface area contributed by atoms with E-state index < -0.39 is 0 Å². The van der Waals surface area contributed by atoms with E-state index in [-0.39, 0.29) is 0 Å². The van der Waals surface area contributed by atoms with Crippen molar-refractivity contribution >= 4 is 29.2 Å². The first-order valence-electron chi connectivity index (χ1n) is 9.06. The van der Waals surface area contributed by atoms with Crippen LogP contribution in [0.3, 0.4) is 0 Å². The third kappa shape index (κ3) is 6.37. The van der Waals surface area contributed by atoms with E-state index in [2.05, 4.69) is 84.8 Å². The molecular weight excluding hydrogens is 310 g/mol. The third-order valence-corrected chi connectivity index (χ3v) is 4.86. The molecule has 0 fully saturated rings. The van der Waals surface area contributed by atoms with Crippen molar-refractivity contribution in [2.45, 2.75) is 39.5 Å². The molecular formula is C22H29NS. The van der Waals surface area contributed by atoms with Gasteiger partial charge in [-0.15, -0.1) is 11.3 Å². The molecule has 1 nitrogen and oxygen atoms in total. The Morgan fingerprint density at radius 1 is 0.875 bits per heavy atom. The first-order chi connectivity index (χ1) is 11.8. The molecule has 2 heteroatoms. The highest BCUT2D eigenvalue weighted by Gasteiger charge is 2.04. The van der Waals surface area contributed by atoms with Gasteiger partial charge in [0, 0.05) is 23.7 Å². The lowest BCUT2D eigenvalue weighted by molar-refractivity contribution is 0.678. The summed E-state index contributed by atoms with van der Waals surface area (Å²) in [6.45, 7) is 6.84. The van der Waals surface area contributed by atoms with Gasteiger partial charge in [0.05, 0.1) is 0 Å². The van der Waals surface area contributed by atoms with Gasteiger partial charge in [-0.3, -0.25) is 0 Å². The summed E-state index contributed by atoms with van der Waals surface area (Å²) < 4.78 is 0. The molecule has 0 spiro atoms. The highest BCUT2D eigenvalue weighted by molar-refractivity contribution is 7.10. The monoisotopic (exact) mass is 339 g/mol. The zero-order chi connectivity index (χ0) is 17.0. The lowest BCUT2D eigenvalue weighted by Crippen LogP contribution is -2.25. The Labute approximate surface area is 151 Å². The molecule has 0 saturated heterocycles. The number of thiophene rings is 1. The standard InChI is InChI=1S/C22H29NS/c1-3-5-17-23(18-6-4-2)21-15-13-20(14-16-21)10-7-8-11-22-12-9-19-24-22/h7-16,19H,3-6,17-18H2,1-2H3/b10-7+,11-8+. The van der Waals surface area contributed by atoms with Crippen molar-refractivity contribution in [3.63, 3.8) is 0 Å². The van der Waals surface area contributed by atoms with Gasteiger partial charge in [0.25, 0.3) is 0 Å². The maximum absolute atomic E-state index is 2.52. The lowest BCUT2D eigenvalue weighted by Gasteiger charge is -2.24. The average molecular weight is 340 g/mol. The van der Waals surface area contributed by atoms with Crippen molar-refractivity contribution in [3.8, 4) is 0 Å². The SMILES string of the molecule is CCCCN(CCCC)c1ccc(/C=C/C=C/c2cccs2)cc1. The molecule has 24 heavy (non-hydrogen) atoms. The van der Waals surface area contributed by atoms with Gasteiger partial charge in [-0.2, -0.15) is 0 Å². The van der Waals surface area contributed by atoms with Crippen LogP contribution in [0.2, 0.25) is 0 Å². The van der Waals surface area contributed by atoms with Gasteiger partial charge in [0.2, 0.25) is 0 Å². The minimum atomic E-state index is 1.16. The number of hydrogen-bond acceptors (Lipinski definition) is 2. The molecule has 0 unspecified atom stereocenters. The van der Waals surface area contributed by atoms with E-state index in [9.17, 15) is 0 Å². The molecule has 0 atom stereocenters. The number of hydrogen-bond donors (Lipinski definition) is 0. The van der Waals surface area contributed by atoms with Gasteiger partial charge in [0.1, 0.15) is 0 Å². The van der Waals surface area contributed by atoms with Gasteiger partial charge in [0.15, 0.2) is 0 Å². The van der Waals surface area contributed by atoms with Crippen LogP contribution in [-0.4, -0.2) is 13.1 Å². The van der Waals surface area contributed by atoms with Crippen LogP contribution in [0, 0.1) is 0 Å². The Balaban J connectivity index is 1.94. The fourth-order valence-electron chi connectivity index (χ4n) is 2.57. The van der Waals surface area contributed by atoms with Crippen molar-refractivity contribution in [1.29, 1.82) is 0 Å². The van der Waals surface area contributed by atoms with Crippen molar-refractivity contribution in [2.75, 3.05) is 18.0 Å². The molecule has 0 N–H and O–H groups in total. The summed E-state index contributed by atoms with van der Waals surface area (Å²) in [5, 5.41) is 2.10. The summed E-state index contributed by atoms with van der Waals surface area (Å²) in [6, 6.07) is 13.2. The molecule has 0 aliphatic rings. The zero-order valence-electron chi connectivity index (χ0n) is 14.9. The Hall–Kier alpha value is -1.80. The highest BCUT2D eigenvalue weighted by atomic mass is 32.1. The van der Waals surface area contributed by atoms with E-state index in [0.29, 0.717) is 0 Å². The number of anilines is 1. The number of benzene rings is 1. The van der Waals surface area contributed by atoms with Gasteiger partial charge < -0.3 is 4.90 Å². The number of rotatable bonds is 10. The molecule has 0 radical (unpaired) electrons. The van der Waals surface area contributed by atoms with Crippen LogP contribution in [0.15, 0.2) is 53.9 Å². The molecule has 0 saturated carbocycles. The topological polar surface area (TPSA) is 3.24 Å². The van der Waals surface area contributed by atoms with E-state index in [0.717, 1.165) is 13.1 Å². The molecule has 0 aliphatic carbocycles. The quantitative estimate of drug-likeness (QED) is 0.426. The zero-order valence-corrected chi connectivity index (χ0v) is 15.8. The minimum absolute atomic E-state index is 1.16. The Bertz CT molecular complexity index is 600. The summed E-state index contributed by atoms with van der Waals surface area (Å²) in [7, 11) is 0. The highest BCUT2D eigenvalue weighted by Crippen LogP contribution is 2.18. The van der Waals surface area contributed by atoms with Crippen molar-refractivity contribution < 1.29 is 0 Å². The molecule has 128 valence electrons. The van der Waals surface area contributed by atoms with E-state index in [1.807, 2.05) is 0 Å². The van der Waals surface area contributed by atoms with Crippen molar-refractivity contribution in [3.05, 3.63) is 64.4 Å². The molecule has 1 aromatic carbocycles. The third-order valence-electron chi connectivity index (χ3n) is 4.02. The van der Waals surface area contributed by atoms with Crippen molar-refractivity contribution in [2.24, 2.45) is 0 Å². The maximum atomic E-state index is 2.52. The van der Waals surface area contributed by atoms with Crippen LogP contribution in [-0.2, 0) is 0 Å². The Morgan fingerprint density at radius 3 is 2.12 bits per heavy atom. The van der Waals surface area contributed by atoms with Crippen molar-refractivity contribution in [1.82, 2.24) is 0 Å². The summed E-state index contributed by atoms with van der Waals surface area (Å²) in [5.74, 6) is 0. The minimum Gasteiger partial charge on any atom is -0.372 e. The lowest BCUT2D eigenvalue weighted by atomic mass is 10.1. The second-order valence-corrected chi connectivity index (χ2v) is 7.00. The summed E-state index contributed by atoms with van der Waals surface area (Å²) in [5.41, 5.74) is 2.60. The predicted octanol–water partition coefficient (Wildman–Crippen LogP) is 6.88. The molecule has 2 aromatic rings. The largest absolute Gasteiger partial charge is 0.372 e. The number of nitrogens with zero attached hydrogens (tertiary/aromatic N) is 1. The number of allylic oxidation sites excluding steroid dienone is 2. The Kier molecular flexibility index (Phi) is 8.40. The number of unbranched alkanes of at least 4 members (excludes halogenated alkanes) is 2. The summed E-state index contributed by atoms with van der Waals surface area (Å²) >= 11 is 1.76. The average Bonchev–Trinajstić information content (AvgIpc) is 3.13. The Morgan fingerprint density at radius 2 is 1.54 bits per heavy atom. The van der Waals surface area contributed by atoms with Crippen LogP contribution in [0.4, 0.5) is 5.69 Å². The van der Waals surface area contributed by atoms with Gasteiger partial charge in [-0.05, 0) is 48.1 Å². The van der Waals surface area contributed by atoms with E-state index in [1.54, 1.807) is 11.3 Å². The molecule has 0 aliphatic heterocycles. The predicted molar refractivity (Wildman–Crippen MR) is 111 cm³/mol. The van der Waals surface area contributed by atoms with Crippen LogP contribution in [0.1, 0.15) is 50.0 Å². The van der Waals surface area contributed by atoms with Gasteiger partial charge in [-0.1, -0.05) is 63.1 Å². The molecule has 0 bridgehead atoms.